The van der Waals surface area contributed by atoms with Crippen LogP contribution in [0, 0.1) is 0 Å². The lowest BCUT2D eigenvalue weighted by Gasteiger charge is -2.21. The Morgan fingerprint density at radius 1 is 1.55 bits per heavy atom. The largest absolute Gasteiger partial charge is 0.375 e. The molecule has 1 aliphatic heterocycles. The van der Waals surface area contributed by atoms with Crippen LogP contribution in [0.15, 0.2) is 12.2 Å². The summed E-state index contributed by atoms with van der Waals surface area (Å²) in [7, 11) is 0. The third-order valence-electron chi connectivity index (χ3n) is 2.38. The van der Waals surface area contributed by atoms with Crippen molar-refractivity contribution >= 4 is 0 Å². The maximum Gasteiger partial charge on any atom is 0.0658 e. The molecule has 11 heavy (non-hydrogen) atoms. The van der Waals surface area contributed by atoms with Crippen molar-refractivity contribution < 1.29 is 4.74 Å². The number of hydrogen-bond acceptors (Lipinski definition) is 1. The predicted molar refractivity (Wildman–Crippen MR) is 47.6 cm³/mol. The Labute approximate surface area is 69.4 Å². The molecule has 0 aromatic rings. The Morgan fingerprint density at radius 3 is 2.91 bits per heavy atom. The van der Waals surface area contributed by atoms with E-state index in [4.69, 9.17) is 4.74 Å². The molecule has 1 heterocycles. The van der Waals surface area contributed by atoms with Crippen LogP contribution in [0.25, 0.3) is 0 Å². The highest BCUT2D eigenvalue weighted by Gasteiger charge is 2.28. The van der Waals surface area contributed by atoms with Crippen molar-refractivity contribution in [2.45, 2.75) is 45.1 Å². The molecule has 0 unspecified atom stereocenters. The molecule has 1 fully saturated rings. The Balaban J connectivity index is 2.23. The quantitative estimate of drug-likeness (QED) is 0.568. The van der Waals surface area contributed by atoms with Crippen molar-refractivity contribution in [1.82, 2.24) is 0 Å². The number of ether oxygens (including phenoxy) is 1. The molecule has 1 aliphatic rings. The molecule has 1 saturated heterocycles. The average molecular weight is 154 g/mol. The van der Waals surface area contributed by atoms with Crippen LogP contribution in [0.3, 0.4) is 0 Å². The second-order valence-corrected chi connectivity index (χ2v) is 3.51. The zero-order valence-electron chi connectivity index (χ0n) is 7.60. The van der Waals surface area contributed by atoms with E-state index < -0.39 is 0 Å². The molecular formula is C10H18O. The molecule has 1 rings (SSSR count). The van der Waals surface area contributed by atoms with Crippen molar-refractivity contribution in [3.8, 4) is 0 Å². The summed E-state index contributed by atoms with van der Waals surface area (Å²) in [5.41, 5.74) is 0.194. The molecule has 64 valence electrons. The summed E-state index contributed by atoms with van der Waals surface area (Å²) in [5, 5.41) is 0. The normalized spacial score (nSPS) is 31.8. The summed E-state index contributed by atoms with van der Waals surface area (Å²) in [5.74, 6) is 0. The van der Waals surface area contributed by atoms with Crippen molar-refractivity contribution in [1.29, 1.82) is 0 Å². The molecule has 0 amide bonds. The van der Waals surface area contributed by atoms with Gasteiger partial charge < -0.3 is 4.74 Å². The van der Waals surface area contributed by atoms with Crippen LogP contribution in [-0.2, 0) is 4.74 Å². The molecular weight excluding hydrogens is 136 g/mol. The Morgan fingerprint density at radius 2 is 2.36 bits per heavy atom. The molecule has 0 radical (unpaired) electrons. The Kier molecular flexibility index (Phi) is 3.13. The zero-order chi connectivity index (χ0) is 8.16. The van der Waals surface area contributed by atoms with Gasteiger partial charge in [0.05, 0.1) is 5.60 Å². The van der Waals surface area contributed by atoms with Gasteiger partial charge in [0, 0.05) is 6.61 Å². The molecule has 0 N–H and O–H groups in total. The van der Waals surface area contributed by atoms with E-state index in [0.29, 0.717) is 0 Å². The molecule has 0 aromatic heterocycles. The van der Waals surface area contributed by atoms with Gasteiger partial charge in [0.25, 0.3) is 0 Å². The van der Waals surface area contributed by atoms with E-state index in [1.807, 2.05) is 0 Å². The maximum absolute atomic E-state index is 5.65. The second-order valence-electron chi connectivity index (χ2n) is 3.51. The van der Waals surface area contributed by atoms with Gasteiger partial charge in [-0.05, 0) is 39.5 Å². The van der Waals surface area contributed by atoms with Gasteiger partial charge >= 0.3 is 0 Å². The zero-order valence-corrected chi connectivity index (χ0v) is 7.60. The molecule has 0 aromatic carbocycles. The van der Waals surface area contributed by atoms with Crippen molar-refractivity contribution in [3.63, 3.8) is 0 Å². The van der Waals surface area contributed by atoms with Crippen molar-refractivity contribution in [3.05, 3.63) is 12.2 Å². The van der Waals surface area contributed by atoms with Crippen LogP contribution < -0.4 is 0 Å². The van der Waals surface area contributed by atoms with Gasteiger partial charge in [-0.15, -0.1) is 0 Å². The number of rotatable bonds is 3. The molecule has 0 spiro atoms. The highest BCUT2D eigenvalue weighted by atomic mass is 16.5. The molecule has 0 saturated carbocycles. The highest BCUT2D eigenvalue weighted by Crippen LogP contribution is 2.29. The van der Waals surface area contributed by atoms with Gasteiger partial charge in [0.15, 0.2) is 0 Å². The van der Waals surface area contributed by atoms with E-state index in [1.54, 1.807) is 0 Å². The van der Waals surface area contributed by atoms with E-state index >= 15 is 0 Å². The van der Waals surface area contributed by atoms with Gasteiger partial charge in [0.1, 0.15) is 0 Å². The monoisotopic (exact) mass is 154 g/mol. The summed E-state index contributed by atoms with van der Waals surface area (Å²) in [6, 6.07) is 0. The van der Waals surface area contributed by atoms with Crippen molar-refractivity contribution in [2.24, 2.45) is 0 Å². The van der Waals surface area contributed by atoms with Gasteiger partial charge in [-0.2, -0.15) is 0 Å². The lowest BCUT2D eigenvalue weighted by atomic mass is 9.97. The molecule has 0 bridgehead atoms. The van der Waals surface area contributed by atoms with E-state index in [2.05, 4.69) is 26.0 Å². The van der Waals surface area contributed by atoms with Gasteiger partial charge in [0.2, 0.25) is 0 Å². The van der Waals surface area contributed by atoms with E-state index in [-0.39, 0.29) is 5.60 Å². The fourth-order valence-corrected chi connectivity index (χ4v) is 1.59. The van der Waals surface area contributed by atoms with Crippen LogP contribution >= 0.6 is 0 Å². The first-order valence-corrected chi connectivity index (χ1v) is 4.52. The van der Waals surface area contributed by atoms with E-state index in [1.165, 1.54) is 19.3 Å². The smallest absolute Gasteiger partial charge is 0.0658 e. The van der Waals surface area contributed by atoms with Gasteiger partial charge in [-0.3, -0.25) is 0 Å². The van der Waals surface area contributed by atoms with Crippen LogP contribution in [-0.4, -0.2) is 12.2 Å². The predicted octanol–water partition coefficient (Wildman–Crippen LogP) is 2.91. The fourth-order valence-electron chi connectivity index (χ4n) is 1.59. The SMILES string of the molecule is C/C=C/CC[C@@]1(C)CCCO1. The minimum Gasteiger partial charge on any atom is -0.375 e. The third-order valence-corrected chi connectivity index (χ3v) is 2.38. The topological polar surface area (TPSA) is 9.23 Å². The second kappa shape index (κ2) is 3.91. The summed E-state index contributed by atoms with van der Waals surface area (Å²) in [6.07, 6.45) is 9.15. The minimum absolute atomic E-state index is 0.194. The molecule has 1 heteroatoms. The molecule has 1 atom stereocenters. The van der Waals surface area contributed by atoms with Crippen LogP contribution in [0.2, 0.25) is 0 Å². The van der Waals surface area contributed by atoms with E-state index in [0.717, 1.165) is 13.0 Å². The number of hydrogen-bond donors (Lipinski definition) is 0. The third kappa shape index (κ3) is 2.66. The summed E-state index contributed by atoms with van der Waals surface area (Å²) in [6.45, 7) is 5.26. The van der Waals surface area contributed by atoms with E-state index in [9.17, 15) is 0 Å². The first-order valence-electron chi connectivity index (χ1n) is 4.52. The maximum atomic E-state index is 5.65. The van der Waals surface area contributed by atoms with Crippen LogP contribution in [0.1, 0.15) is 39.5 Å². The van der Waals surface area contributed by atoms with Crippen LogP contribution in [0.5, 0.6) is 0 Å². The van der Waals surface area contributed by atoms with Crippen molar-refractivity contribution in [2.75, 3.05) is 6.61 Å². The summed E-state index contributed by atoms with van der Waals surface area (Å²) in [4.78, 5) is 0. The number of allylic oxidation sites excluding steroid dienone is 2. The fraction of sp³-hybridized carbons (Fsp3) is 0.800. The van der Waals surface area contributed by atoms with Gasteiger partial charge in [-0.1, -0.05) is 12.2 Å². The first-order chi connectivity index (χ1) is 5.27. The Hall–Kier alpha value is -0.300. The Bertz CT molecular complexity index is 132. The molecule has 0 aliphatic carbocycles. The van der Waals surface area contributed by atoms with Crippen LogP contribution in [0.4, 0.5) is 0 Å². The first kappa shape index (κ1) is 8.79. The lowest BCUT2D eigenvalue weighted by molar-refractivity contribution is 0.0141. The standard InChI is InChI=1S/C10H18O/c1-3-4-5-7-10(2)8-6-9-11-10/h3-4H,5-9H2,1-2H3/b4-3+/t10-/m0/s1. The highest BCUT2D eigenvalue weighted by molar-refractivity contribution is 4.85. The summed E-state index contributed by atoms with van der Waals surface area (Å²) < 4.78 is 5.65. The minimum atomic E-state index is 0.194. The molecule has 1 nitrogen and oxygen atoms in total. The average Bonchev–Trinajstić information content (AvgIpc) is 2.38. The lowest BCUT2D eigenvalue weighted by Crippen LogP contribution is -2.21. The summed E-state index contributed by atoms with van der Waals surface area (Å²) >= 11 is 0. The van der Waals surface area contributed by atoms with Gasteiger partial charge in [-0.25, -0.2) is 0 Å².